The van der Waals surface area contributed by atoms with Crippen LogP contribution in [-0.2, 0) is 20.9 Å². The first-order valence-electron chi connectivity index (χ1n) is 8.19. The Kier molecular flexibility index (Phi) is 7.24. The van der Waals surface area contributed by atoms with Crippen molar-refractivity contribution < 1.29 is 14.3 Å². The van der Waals surface area contributed by atoms with E-state index in [0.717, 1.165) is 11.1 Å². The van der Waals surface area contributed by atoms with Crippen LogP contribution < -0.4 is 0 Å². The van der Waals surface area contributed by atoms with Crippen molar-refractivity contribution in [2.45, 2.75) is 26.6 Å². The van der Waals surface area contributed by atoms with Crippen molar-refractivity contribution in [1.29, 1.82) is 0 Å². The Morgan fingerprint density at radius 1 is 1.00 bits per heavy atom. The van der Waals surface area contributed by atoms with Gasteiger partial charge in [0.25, 0.3) is 0 Å². The van der Waals surface area contributed by atoms with E-state index in [-0.39, 0.29) is 24.6 Å². The number of carbonyl (C=O) groups is 1. The van der Waals surface area contributed by atoms with E-state index in [1.807, 2.05) is 86.7 Å². The Morgan fingerprint density at radius 3 is 2.25 bits per heavy atom. The molecule has 24 heavy (non-hydrogen) atoms. The minimum atomic E-state index is -0.345. The normalized spacial score (nSPS) is 12.5. The summed E-state index contributed by atoms with van der Waals surface area (Å²) < 4.78 is 10.9. The summed E-state index contributed by atoms with van der Waals surface area (Å²) in [6, 6.07) is 19.7. The fraction of sp³-hybridized carbons (Fsp3) is 0.286. The van der Waals surface area contributed by atoms with E-state index in [2.05, 4.69) is 0 Å². The van der Waals surface area contributed by atoms with Gasteiger partial charge >= 0.3 is 5.97 Å². The maximum absolute atomic E-state index is 12.0. The van der Waals surface area contributed by atoms with E-state index >= 15 is 0 Å². The fourth-order valence-electron chi connectivity index (χ4n) is 2.18. The van der Waals surface area contributed by atoms with Gasteiger partial charge in [0.15, 0.2) is 0 Å². The Bertz CT molecular complexity index is 633. The quantitative estimate of drug-likeness (QED) is 0.671. The molecule has 0 saturated carbocycles. The van der Waals surface area contributed by atoms with Gasteiger partial charge in [-0.2, -0.15) is 0 Å². The predicted octanol–water partition coefficient (Wildman–Crippen LogP) is 4.48. The van der Waals surface area contributed by atoms with E-state index in [1.54, 1.807) is 0 Å². The monoisotopic (exact) mass is 324 g/mol. The molecule has 2 aromatic rings. The predicted molar refractivity (Wildman–Crippen MR) is 96.3 cm³/mol. The molecule has 3 heteroatoms. The maximum Gasteiger partial charge on any atom is 0.332 e. The minimum Gasteiger partial charge on any atom is -0.456 e. The van der Waals surface area contributed by atoms with E-state index in [4.69, 9.17) is 9.47 Å². The van der Waals surface area contributed by atoms with Crippen LogP contribution in [0.2, 0.25) is 0 Å². The van der Waals surface area contributed by atoms with Gasteiger partial charge in [0.05, 0.1) is 6.61 Å². The topological polar surface area (TPSA) is 35.5 Å². The number of hydrogen-bond acceptors (Lipinski definition) is 3. The lowest BCUT2D eigenvalue weighted by Gasteiger charge is -2.18. The maximum atomic E-state index is 12.0. The summed E-state index contributed by atoms with van der Waals surface area (Å²) in [5.41, 5.74) is 2.12. The molecule has 126 valence electrons. The van der Waals surface area contributed by atoms with E-state index < -0.39 is 0 Å². The molecule has 0 fully saturated rings. The number of benzene rings is 2. The Hall–Kier alpha value is -2.39. The van der Waals surface area contributed by atoms with Crippen molar-refractivity contribution in [1.82, 2.24) is 0 Å². The molecule has 2 aromatic carbocycles. The summed E-state index contributed by atoms with van der Waals surface area (Å²) >= 11 is 0. The minimum absolute atomic E-state index is 0.0444. The van der Waals surface area contributed by atoms with Crippen LogP contribution in [0.1, 0.15) is 25.0 Å². The Morgan fingerprint density at radius 2 is 1.62 bits per heavy atom. The molecular formula is C21H24O3. The van der Waals surface area contributed by atoms with Gasteiger partial charge in [-0.05, 0) is 23.1 Å². The third-order valence-electron chi connectivity index (χ3n) is 3.53. The summed E-state index contributed by atoms with van der Waals surface area (Å²) in [6.45, 7) is 4.41. The molecule has 0 aliphatic heterocycles. The molecular weight excluding hydrogens is 300 g/mol. The van der Waals surface area contributed by atoms with Crippen LogP contribution in [0.4, 0.5) is 0 Å². The average molecular weight is 324 g/mol. The van der Waals surface area contributed by atoms with Crippen molar-refractivity contribution in [3.05, 3.63) is 77.9 Å². The zero-order chi connectivity index (χ0) is 17.2. The zero-order valence-electron chi connectivity index (χ0n) is 14.2. The molecule has 0 spiro atoms. The highest BCUT2D eigenvalue weighted by Gasteiger charge is 2.15. The lowest BCUT2D eigenvalue weighted by atomic mass is 10.1. The van der Waals surface area contributed by atoms with Crippen LogP contribution in [0.15, 0.2) is 66.7 Å². The molecule has 1 atom stereocenters. The summed E-state index contributed by atoms with van der Waals surface area (Å²) in [5, 5.41) is 0. The van der Waals surface area contributed by atoms with Crippen LogP contribution >= 0.6 is 0 Å². The molecule has 0 aromatic heterocycles. The first-order valence-corrected chi connectivity index (χ1v) is 8.19. The molecule has 0 saturated heterocycles. The van der Waals surface area contributed by atoms with Crippen LogP contribution in [0, 0.1) is 5.92 Å². The number of hydrogen-bond donors (Lipinski definition) is 0. The molecule has 0 N–H and O–H groups in total. The second-order valence-electron chi connectivity index (χ2n) is 5.95. The van der Waals surface area contributed by atoms with Gasteiger partial charge in [-0.3, -0.25) is 0 Å². The highest BCUT2D eigenvalue weighted by Crippen LogP contribution is 2.12. The lowest BCUT2D eigenvalue weighted by molar-refractivity contribution is -0.154. The van der Waals surface area contributed by atoms with E-state index in [1.165, 1.54) is 0 Å². The summed E-state index contributed by atoms with van der Waals surface area (Å²) in [6.07, 6.45) is 3.63. The molecule has 0 amide bonds. The Labute approximate surface area is 143 Å². The van der Waals surface area contributed by atoms with Crippen LogP contribution in [-0.4, -0.2) is 18.7 Å². The standard InChI is InChI=1S/C21H24O3/c1-17(2)20(14-13-18-9-5-3-6-10-18)24-21(22)16-23-15-19-11-7-4-8-12-19/h3-14,17,20H,15-16H2,1-2H3/b14-13-/t20-/m1/s1. The molecule has 3 nitrogen and oxygen atoms in total. The number of rotatable bonds is 8. The zero-order valence-corrected chi connectivity index (χ0v) is 14.2. The number of esters is 1. The molecule has 0 heterocycles. The lowest BCUT2D eigenvalue weighted by Crippen LogP contribution is -2.24. The van der Waals surface area contributed by atoms with Crippen LogP contribution in [0.25, 0.3) is 6.08 Å². The van der Waals surface area contributed by atoms with Gasteiger partial charge < -0.3 is 9.47 Å². The smallest absolute Gasteiger partial charge is 0.332 e. The van der Waals surface area contributed by atoms with Crippen molar-refractivity contribution in [2.75, 3.05) is 6.61 Å². The third kappa shape index (κ3) is 6.39. The van der Waals surface area contributed by atoms with Gasteiger partial charge in [0.2, 0.25) is 0 Å². The largest absolute Gasteiger partial charge is 0.456 e. The first-order chi connectivity index (χ1) is 11.6. The van der Waals surface area contributed by atoms with Crippen LogP contribution in [0.5, 0.6) is 0 Å². The van der Waals surface area contributed by atoms with E-state index in [0.29, 0.717) is 6.61 Å². The van der Waals surface area contributed by atoms with Gasteiger partial charge in [0, 0.05) is 0 Å². The average Bonchev–Trinajstić information content (AvgIpc) is 2.60. The first kappa shape index (κ1) is 18.0. The Balaban J connectivity index is 1.81. The van der Waals surface area contributed by atoms with Crippen molar-refractivity contribution in [2.24, 2.45) is 5.92 Å². The molecule has 0 aliphatic rings. The van der Waals surface area contributed by atoms with Gasteiger partial charge in [-0.15, -0.1) is 0 Å². The number of carbonyl (C=O) groups excluding carboxylic acids is 1. The van der Waals surface area contributed by atoms with Crippen molar-refractivity contribution in [3.63, 3.8) is 0 Å². The molecule has 0 aliphatic carbocycles. The van der Waals surface area contributed by atoms with Crippen LogP contribution in [0.3, 0.4) is 0 Å². The molecule has 2 rings (SSSR count). The number of ether oxygens (including phenoxy) is 2. The summed E-state index contributed by atoms with van der Waals surface area (Å²) in [5.74, 6) is -0.148. The van der Waals surface area contributed by atoms with Crippen molar-refractivity contribution >= 4 is 12.0 Å². The summed E-state index contributed by atoms with van der Waals surface area (Å²) in [4.78, 5) is 12.0. The van der Waals surface area contributed by atoms with E-state index in [9.17, 15) is 4.79 Å². The SMILES string of the molecule is CC(C)[C@@H](/C=C\c1ccccc1)OC(=O)COCc1ccccc1. The molecule has 0 bridgehead atoms. The van der Waals surface area contributed by atoms with Gasteiger partial charge in [0.1, 0.15) is 12.7 Å². The summed E-state index contributed by atoms with van der Waals surface area (Å²) in [7, 11) is 0. The van der Waals surface area contributed by atoms with Gasteiger partial charge in [-0.1, -0.05) is 80.6 Å². The fourth-order valence-corrected chi connectivity index (χ4v) is 2.18. The van der Waals surface area contributed by atoms with Gasteiger partial charge in [-0.25, -0.2) is 4.79 Å². The van der Waals surface area contributed by atoms with Crippen molar-refractivity contribution in [3.8, 4) is 0 Å². The second kappa shape index (κ2) is 9.68. The third-order valence-corrected chi connectivity index (χ3v) is 3.53. The molecule has 0 unspecified atom stereocenters. The molecule has 0 radical (unpaired) electrons. The highest BCUT2D eigenvalue weighted by atomic mass is 16.6. The second-order valence-corrected chi connectivity index (χ2v) is 5.95. The highest BCUT2D eigenvalue weighted by molar-refractivity contribution is 5.71.